The average Bonchev–Trinajstić information content (AvgIpc) is 2.51. The van der Waals surface area contributed by atoms with E-state index >= 15 is 0 Å². The fourth-order valence-corrected chi connectivity index (χ4v) is 2.36. The molecule has 0 aliphatic heterocycles. The predicted molar refractivity (Wildman–Crippen MR) is 78.8 cm³/mol. The van der Waals surface area contributed by atoms with Gasteiger partial charge in [0.2, 0.25) is 0 Å². The molecule has 4 heteroatoms. The minimum atomic E-state index is -0.756. The van der Waals surface area contributed by atoms with Crippen LogP contribution in [0.3, 0.4) is 0 Å². The van der Waals surface area contributed by atoms with Crippen molar-refractivity contribution >= 4 is 5.78 Å². The van der Waals surface area contributed by atoms with Crippen LogP contribution in [0.25, 0.3) is 0 Å². The summed E-state index contributed by atoms with van der Waals surface area (Å²) in [6.07, 6.45) is 1.29. The van der Waals surface area contributed by atoms with E-state index in [0.717, 1.165) is 0 Å². The van der Waals surface area contributed by atoms with Crippen molar-refractivity contribution in [3.05, 3.63) is 23.8 Å². The third kappa shape index (κ3) is 3.12. The number of hydrogen-bond donors (Lipinski definition) is 0. The van der Waals surface area contributed by atoms with Gasteiger partial charge in [-0.25, -0.2) is 0 Å². The lowest BCUT2D eigenvalue weighted by Gasteiger charge is -2.30. The smallest absolute Gasteiger partial charge is 0.194 e. The molecule has 1 rings (SSSR count). The van der Waals surface area contributed by atoms with Crippen LogP contribution in [0.4, 0.5) is 0 Å². The number of methoxy groups -OCH3 is 2. The molecule has 0 saturated heterocycles. The molecular formula is C16H24O4. The topological polar surface area (TPSA) is 44.8 Å². The molecule has 0 bridgehead atoms. The highest BCUT2D eigenvalue weighted by Crippen LogP contribution is 2.31. The quantitative estimate of drug-likeness (QED) is 0.684. The van der Waals surface area contributed by atoms with E-state index in [1.54, 1.807) is 32.4 Å². The third-order valence-electron chi connectivity index (χ3n) is 3.62. The molecule has 0 spiro atoms. The largest absolute Gasteiger partial charge is 0.493 e. The molecule has 112 valence electrons. The minimum absolute atomic E-state index is 0.00898. The van der Waals surface area contributed by atoms with Gasteiger partial charge in [0.1, 0.15) is 5.60 Å². The van der Waals surface area contributed by atoms with Crippen molar-refractivity contribution in [1.29, 1.82) is 0 Å². The number of ether oxygens (including phenoxy) is 3. The van der Waals surface area contributed by atoms with E-state index in [4.69, 9.17) is 14.2 Å². The molecule has 0 amide bonds. The summed E-state index contributed by atoms with van der Waals surface area (Å²) >= 11 is 0. The average molecular weight is 280 g/mol. The van der Waals surface area contributed by atoms with Crippen LogP contribution in [0.15, 0.2) is 18.2 Å². The summed E-state index contributed by atoms with van der Waals surface area (Å²) in [5.74, 6) is 1.15. The Kier molecular flexibility index (Phi) is 6.02. The van der Waals surface area contributed by atoms with Crippen LogP contribution >= 0.6 is 0 Å². The highest BCUT2D eigenvalue weighted by atomic mass is 16.5. The number of Topliss-reactive ketones (excluding diaryl/α,β-unsaturated/α-hetero) is 1. The van der Waals surface area contributed by atoms with E-state index < -0.39 is 5.60 Å². The summed E-state index contributed by atoms with van der Waals surface area (Å²) in [5, 5.41) is 0. The van der Waals surface area contributed by atoms with Crippen LogP contribution in [0.1, 0.15) is 44.0 Å². The first-order chi connectivity index (χ1) is 9.58. The Morgan fingerprint density at radius 2 is 1.65 bits per heavy atom. The van der Waals surface area contributed by atoms with Crippen LogP contribution in [0.5, 0.6) is 11.5 Å². The first-order valence-corrected chi connectivity index (χ1v) is 6.99. The fraction of sp³-hybridized carbons (Fsp3) is 0.562. The van der Waals surface area contributed by atoms with Crippen LogP contribution in [-0.4, -0.2) is 32.2 Å². The predicted octanol–water partition coefficient (Wildman–Crippen LogP) is 3.48. The number of rotatable bonds is 8. The number of carbonyl (C=O) groups is 1. The van der Waals surface area contributed by atoms with Gasteiger partial charge in [-0.05, 0) is 38.0 Å². The second-order valence-corrected chi connectivity index (χ2v) is 4.53. The van der Waals surface area contributed by atoms with Crippen molar-refractivity contribution in [2.45, 2.75) is 39.2 Å². The van der Waals surface area contributed by atoms with E-state index in [1.165, 1.54) is 0 Å². The summed E-state index contributed by atoms with van der Waals surface area (Å²) in [6, 6.07) is 5.21. The zero-order chi connectivity index (χ0) is 15.2. The first kappa shape index (κ1) is 16.5. The molecular weight excluding hydrogens is 256 g/mol. The van der Waals surface area contributed by atoms with E-state index in [0.29, 0.717) is 36.5 Å². The van der Waals surface area contributed by atoms with Gasteiger partial charge in [0.15, 0.2) is 17.3 Å². The van der Waals surface area contributed by atoms with Crippen LogP contribution < -0.4 is 9.47 Å². The summed E-state index contributed by atoms with van der Waals surface area (Å²) < 4.78 is 16.2. The highest BCUT2D eigenvalue weighted by molar-refractivity contribution is 6.03. The Bertz CT molecular complexity index is 450. The van der Waals surface area contributed by atoms with Gasteiger partial charge in [-0.3, -0.25) is 4.79 Å². The molecule has 0 N–H and O–H groups in total. The van der Waals surface area contributed by atoms with Gasteiger partial charge in [0, 0.05) is 12.2 Å². The highest BCUT2D eigenvalue weighted by Gasteiger charge is 2.36. The number of benzene rings is 1. The maximum absolute atomic E-state index is 12.8. The van der Waals surface area contributed by atoms with Crippen molar-refractivity contribution < 1.29 is 19.0 Å². The molecule has 1 aromatic carbocycles. The molecule has 0 aliphatic carbocycles. The Hall–Kier alpha value is -1.55. The normalized spacial score (nSPS) is 11.2. The van der Waals surface area contributed by atoms with Gasteiger partial charge in [0.25, 0.3) is 0 Å². The van der Waals surface area contributed by atoms with E-state index in [-0.39, 0.29) is 5.78 Å². The van der Waals surface area contributed by atoms with Gasteiger partial charge in [-0.2, -0.15) is 0 Å². The Morgan fingerprint density at radius 3 is 2.10 bits per heavy atom. The summed E-state index contributed by atoms with van der Waals surface area (Å²) in [7, 11) is 3.13. The lowest BCUT2D eigenvalue weighted by molar-refractivity contribution is -0.0250. The molecule has 0 radical (unpaired) electrons. The molecule has 0 aliphatic rings. The lowest BCUT2D eigenvalue weighted by Crippen LogP contribution is -2.40. The Balaban J connectivity index is 3.18. The molecule has 0 unspecified atom stereocenters. The SMILES string of the molecule is CCOC(CC)(CC)C(=O)c1ccc(OC)c(OC)c1. The minimum Gasteiger partial charge on any atom is -0.493 e. The Morgan fingerprint density at radius 1 is 1.05 bits per heavy atom. The van der Waals surface area contributed by atoms with E-state index in [9.17, 15) is 4.79 Å². The second kappa shape index (κ2) is 7.29. The first-order valence-electron chi connectivity index (χ1n) is 6.99. The van der Waals surface area contributed by atoms with Crippen molar-refractivity contribution in [2.75, 3.05) is 20.8 Å². The third-order valence-corrected chi connectivity index (χ3v) is 3.62. The zero-order valence-corrected chi connectivity index (χ0v) is 13.0. The second-order valence-electron chi connectivity index (χ2n) is 4.53. The Labute approximate surface area is 121 Å². The summed E-state index contributed by atoms with van der Waals surface area (Å²) in [4.78, 5) is 12.8. The molecule has 0 heterocycles. The molecule has 0 saturated carbocycles. The fourth-order valence-electron chi connectivity index (χ4n) is 2.36. The van der Waals surface area contributed by atoms with Crippen molar-refractivity contribution in [3.8, 4) is 11.5 Å². The standard InChI is InChI=1S/C16H24O4/c1-6-16(7-2,20-8-3)15(17)12-9-10-13(18-4)14(11-12)19-5/h9-11H,6-8H2,1-5H3. The van der Waals surface area contributed by atoms with Gasteiger partial charge < -0.3 is 14.2 Å². The van der Waals surface area contributed by atoms with Crippen LogP contribution in [0.2, 0.25) is 0 Å². The molecule has 1 aromatic rings. The van der Waals surface area contributed by atoms with Crippen LogP contribution in [0, 0.1) is 0 Å². The van der Waals surface area contributed by atoms with Crippen molar-refractivity contribution in [3.63, 3.8) is 0 Å². The summed E-state index contributed by atoms with van der Waals surface area (Å²) in [6.45, 7) is 6.36. The summed E-state index contributed by atoms with van der Waals surface area (Å²) in [5.41, 5.74) is -0.172. The maximum atomic E-state index is 12.8. The molecule has 0 fully saturated rings. The van der Waals surface area contributed by atoms with Gasteiger partial charge in [0.05, 0.1) is 14.2 Å². The lowest BCUT2D eigenvalue weighted by atomic mass is 9.87. The van der Waals surface area contributed by atoms with Crippen molar-refractivity contribution in [1.82, 2.24) is 0 Å². The van der Waals surface area contributed by atoms with Gasteiger partial charge in [-0.1, -0.05) is 13.8 Å². The number of ketones is 1. The van der Waals surface area contributed by atoms with E-state index in [1.807, 2.05) is 20.8 Å². The zero-order valence-electron chi connectivity index (χ0n) is 13.0. The van der Waals surface area contributed by atoms with Crippen LogP contribution in [-0.2, 0) is 4.74 Å². The molecule has 0 atom stereocenters. The number of hydrogen-bond acceptors (Lipinski definition) is 4. The van der Waals surface area contributed by atoms with Gasteiger partial charge in [-0.15, -0.1) is 0 Å². The van der Waals surface area contributed by atoms with Crippen molar-refractivity contribution in [2.24, 2.45) is 0 Å². The van der Waals surface area contributed by atoms with Gasteiger partial charge >= 0.3 is 0 Å². The molecule has 0 aromatic heterocycles. The monoisotopic (exact) mass is 280 g/mol. The maximum Gasteiger partial charge on any atom is 0.194 e. The number of carbonyl (C=O) groups excluding carboxylic acids is 1. The van der Waals surface area contributed by atoms with E-state index in [2.05, 4.69) is 0 Å². The molecule has 4 nitrogen and oxygen atoms in total. The molecule has 20 heavy (non-hydrogen) atoms.